The van der Waals surface area contributed by atoms with Gasteiger partial charge >= 0.3 is 0 Å². The van der Waals surface area contributed by atoms with E-state index in [0.717, 1.165) is 5.76 Å². The van der Waals surface area contributed by atoms with Gasteiger partial charge < -0.3 is 19.0 Å². The summed E-state index contributed by atoms with van der Waals surface area (Å²) in [5.41, 5.74) is 0. The molecule has 1 N–H and O–H groups in total. The van der Waals surface area contributed by atoms with E-state index >= 15 is 0 Å². The molecular weight excluding hydrogens is 196 g/mol. The minimum atomic E-state index is -0.763. The molecule has 0 aromatic carbocycles. The van der Waals surface area contributed by atoms with Gasteiger partial charge in [0.15, 0.2) is 5.79 Å². The molecule has 1 fully saturated rings. The van der Waals surface area contributed by atoms with E-state index in [0.29, 0.717) is 12.4 Å². The van der Waals surface area contributed by atoms with Gasteiger partial charge in [0, 0.05) is 0 Å². The average molecular weight is 212 g/mol. The first-order valence-corrected chi connectivity index (χ1v) is 5.04. The van der Waals surface area contributed by atoms with Gasteiger partial charge in [-0.2, -0.15) is 0 Å². The van der Waals surface area contributed by atoms with Gasteiger partial charge in [-0.15, -0.1) is 0 Å². The molecule has 0 spiro atoms. The summed E-state index contributed by atoms with van der Waals surface area (Å²) in [4.78, 5) is 0. The molecule has 1 aliphatic heterocycles. The Hall–Kier alpha value is -0.840. The van der Waals surface area contributed by atoms with Crippen molar-refractivity contribution in [3.05, 3.63) is 23.7 Å². The Kier molecular flexibility index (Phi) is 2.58. The van der Waals surface area contributed by atoms with Gasteiger partial charge in [0.25, 0.3) is 0 Å². The van der Waals surface area contributed by atoms with Crippen LogP contribution in [0.1, 0.15) is 31.5 Å². The number of aliphatic hydroxyl groups is 1. The SMILES string of the molecule is Cc1ccc(C(O)[C@@H]2COC(C)(C)O2)o1. The van der Waals surface area contributed by atoms with Crippen LogP contribution >= 0.6 is 0 Å². The summed E-state index contributed by atoms with van der Waals surface area (Å²) < 4.78 is 16.3. The summed E-state index contributed by atoms with van der Waals surface area (Å²) in [7, 11) is 0. The summed E-state index contributed by atoms with van der Waals surface area (Å²) in [6.07, 6.45) is -1.12. The highest BCUT2D eigenvalue weighted by molar-refractivity contribution is 5.09. The van der Waals surface area contributed by atoms with E-state index in [-0.39, 0.29) is 6.10 Å². The van der Waals surface area contributed by atoms with E-state index in [2.05, 4.69) is 0 Å². The Morgan fingerprint density at radius 2 is 2.20 bits per heavy atom. The van der Waals surface area contributed by atoms with Gasteiger partial charge in [-0.25, -0.2) is 0 Å². The highest BCUT2D eigenvalue weighted by Crippen LogP contribution is 2.31. The van der Waals surface area contributed by atoms with Crippen molar-refractivity contribution in [2.45, 2.75) is 38.8 Å². The lowest BCUT2D eigenvalue weighted by Crippen LogP contribution is -2.25. The first-order chi connectivity index (χ1) is 6.98. The van der Waals surface area contributed by atoms with Crippen molar-refractivity contribution in [1.82, 2.24) is 0 Å². The molecule has 2 heterocycles. The fourth-order valence-electron chi connectivity index (χ4n) is 1.67. The molecule has 15 heavy (non-hydrogen) atoms. The van der Waals surface area contributed by atoms with Crippen LogP contribution in [0.5, 0.6) is 0 Å². The van der Waals surface area contributed by atoms with Crippen molar-refractivity contribution in [2.24, 2.45) is 0 Å². The Bertz CT molecular complexity index is 342. The fraction of sp³-hybridized carbons (Fsp3) is 0.636. The van der Waals surface area contributed by atoms with E-state index in [1.54, 1.807) is 6.07 Å². The first-order valence-electron chi connectivity index (χ1n) is 5.04. The van der Waals surface area contributed by atoms with Crippen LogP contribution in [0.2, 0.25) is 0 Å². The standard InChI is InChI=1S/C11H16O4/c1-7-4-5-8(14-7)10(12)9-6-13-11(2,3)15-9/h4-5,9-10,12H,6H2,1-3H3/t9-,10?/m0/s1. The van der Waals surface area contributed by atoms with Crippen LogP contribution in [0.15, 0.2) is 16.5 Å². The maximum absolute atomic E-state index is 9.97. The summed E-state index contributed by atoms with van der Waals surface area (Å²) in [6.45, 7) is 5.88. The van der Waals surface area contributed by atoms with Crippen molar-refractivity contribution in [3.8, 4) is 0 Å². The molecule has 2 atom stereocenters. The summed E-state index contributed by atoms with van der Waals surface area (Å²) in [5, 5.41) is 9.97. The number of rotatable bonds is 2. The van der Waals surface area contributed by atoms with E-state index in [9.17, 15) is 5.11 Å². The number of ether oxygens (including phenoxy) is 2. The van der Waals surface area contributed by atoms with Crippen LogP contribution in [-0.4, -0.2) is 23.6 Å². The second-order valence-electron chi connectivity index (χ2n) is 4.26. The molecule has 0 radical (unpaired) electrons. The summed E-state index contributed by atoms with van der Waals surface area (Å²) >= 11 is 0. The molecule has 4 heteroatoms. The quantitative estimate of drug-likeness (QED) is 0.811. The number of aliphatic hydroxyl groups excluding tert-OH is 1. The lowest BCUT2D eigenvalue weighted by molar-refractivity contribution is -0.152. The van der Waals surface area contributed by atoms with Crippen LogP contribution in [0, 0.1) is 6.92 Å². The van der Waals surface area contributed by atoms with Gasteiger partial charge in [0.2, 0.25) is 0 Å². The predicted molar refractivity (Wildman–Crippen MR) is 53.3 cm³/mol. The molecule has 1 saturated heterocycles. The zero-order valence-electron chi connectivity index (χ0n) is 9.19. The lowest BCUT2D eigenvalue weighted by atomic mass is 10.2. The third-order valence-electron chi connectivity index (χ3n) is 2.44. The molecule has 84 valence electrons. The Morgan fingerprint density at radius 3 is 2.67 bits per heavy atom. The number of hydrogen-bond acceptors (Lipinski definition) is 4. The highest BCUT2D eigenvalue weighted by atomic mass is 16.7. The topological polar surface area (TPSA) is 51.8 Å². The Balaban J connectivity index is 2.06. The third kappa shape index (κ3) is 2.22. The first kappa shape index (κ1) is 10.7. The zero-order chi connectivity index (χ0) is 11.1. The van der Waals surface area contributed by atoms with E-state index in [1.165, 1.54) is 0 Å². The van der Waals surface area contributed by atoms with Crippen molar-refractivity contribution in [1.29, 1.82) is 0 Å². The average Bonchev–Trinajstić information content (AvgIpc) is 2.71. The molecule has 0 bridgehead atoms. The maximum Gasteiger partial charge on any atom is 0.163 e. The minimum absolute atomic E-state index is 0.356. The summed E-state index contributed by atoms with van der Waals surface area (Å²) in [5.74, 6) is 0.689. The predicted octanol–water partition coefficient (Wildman–Crippen LogP) is 1.77. The van der Waals surface area contributed by atoms with Gasteiger partial charge in [0.1, 0.15) is 23.7 Å². The second kappa shape index (κ2) is 3.63. The molecule has 1 unspecified atom stereocenters. The van der Waals surface area contributed by atoms with Crippen molar-refractivity contribution in [2.75, 3.05) is 6.61 Å². The van der Waals surface area contributed by atoms with Crippen LogP contribution in [-0.2, 0) is 9.47 Å². The molecule has 1 aromatic rings. The van der Waals surface area contributed by atoms with Crippen LogP contribution in [0.4, 0.5) is 0 Å². The Labute approximate surface area is 88.8 Å². The molecule has 0 amide bonds. The van der Waals surface area contributed by atoms with Gasteiger partial charge in [0.05, 0.1) is 6.61 Å². The van der Waals surface area contributed by atoms with E-state index < -0.39 is 11.9 Å². The molecule has 1 aliphatic rings. The van der Waals surface area contributed by atoms with E-state index in [4.69, 9.17) is 13.9 Å². The van der Waals surface area contributed by atoms with Gasteiger partial charge in [-0.05, 0) is 32.9 Å². The molecule has 0 saturated carbocycles. The second-order valence-corrected chi connectivity index (χ2v) is 4.26. The van der Waals surface area contributed by atoms with Crippen LogP contribution in [0.3, 0.4) is 0 Å². The lowest BCUT2D eigenvalue weighted by Gasteiger charge is -2.19. The van der Waals surface area contributed by atoms with E-state index in [1.807, 2.05) is 26.8 Å². The van der Waals surface area contributed by atoms with Gasteiger partial charge in [-0.1, -0.05) is 0 Å². The monoisotopic (exact) mass is 212 g/mol. The minimum Gasteiger partial charge on any atom is -0.464 e. The maximum atomic E-state index is 9.97. The zero-order valence-corrected chi connectivity index (χ0v) is 9.19. The largest absolute Gasteiger partial charge is 0.464 e. The normalized spacial score (nSPS) is 26.8. The number of furan rings is 1. The highest BCUT2D eigenvalue weighted by Gasteiger charge is 2.38. The molecule has 1 aromatic heterocycles. The third-order valence-corrected chi connectivity index (χ3v) is 2.44. The molecular formula is C11H16O4. The smallest absolute Gasteiger partial charge is 0.163 e. The van der Waals surface area contributed by atoms with Crippen LogP contribution < -0.4 is 0 Å². The summed E-state index contributed by atoms with van der Waals surface area (Å²) in [6, 6.07) is 3.58. The van der Waals surface area contributed by atoms with Crippen LogP contribution in [0.25, 0.3) is 0 Å². The molecule has 4 nitrogen and oxygen atoms in total. The molecule has 0 aliphatic carbocycles. The number of aryl methyl sites for hydroxylation is 1. The Morgan fingerprint density at radius 1 is 1.47 bits per heavy atom. The van der Waals surface area contributed by atoms with Crippen molar-refractivity contribution >= 4 is 0 Å². The fourth-order valence-corrected chi connectivity index (χ4v) is 1.67. The molecule has 2 rings (SSSR count). The van der Waals surface area contributed by atoms with Crippen molar-refractivity contribution in [3.63, 3.8) is 0 Å². The number of hydrogen-bond donors (Lipinski definition) is 1. The van der Waals surface area contributed by atoms with Crippen molar-refractivity contribution < 1.29 is 19.0 Å². The van der Waals surface area contributed by atoms with Gasteiger partial charge in [-0.3, -0.25) is 0 Å².